The van der Waals surface area contributed by atoms with Crippen LogP contribution >= 0.6 is 19.1 Å². The quantitative estimate of drug-likeness (QED) is 0.583. The summed E-state index contributed by atoms with van der Waals surface area (Å²) in [6.45, 7) is 0. The van der Waals surface area contributed by atoms with Crippen molar-refractivity contribution in [1.29, 1.82) is 0 Å². The van der Waals surface area contributed by atoms with E-state index in [0.29, 0.717) is 0 Å². The number of hydrogen-bond donors (Lipinski definition) is 0. The van der Waals surface area contributed by atoms with E-state index in [2.05, 4.69) is 55.4 Å². The zero-order chi connectivity index (χ0) is 4.00. The fraction of sp³-hybridized carbons (Fsp3) is 0. The summed E-state index contributed by atoms with van der Waals surface area (Å²) < 4.78 is 0. The Morgan fingerprint density at radius 3 is 0.800 bits per heavy atom. The molecule has 0 heterocycles. The Morgan fingerprint density at radius 2 is 0.800 bits per heavy atom. The molecule has 0 bridgehead atoms. The monoisotopic (exact) mass is 322 g/mol. The molecule has 36 valence electrons. The van der Waals surface area contributed by atoms with Crippen LogP contribution in [-0.2, 0) is 36.4 Å². The third-order valence-corrected chi connectivity index (χ3v) is 0. The third kappa shape index (κ3) is 19.1. The first-order valence-electron chi connectivity index (χ1n) is 0.239. The molecule has 0 aromatic carbocycles. The molecule has 0 rings (SSSR count). The summed E-state index contributed by atoms with van der Waals surface area (Å²) in [4.78, 5) is 0. The van der Waals surface area contributed by atoms with Crippen molar-refractivity contribution in [3.8, 4) is 0 Å². The van der Waals surface area contributed by atoms with E-state index in [9.17, 15) is 0 Å². The predicted octanol–water partition coefficient (Wildman–Crippen LogP) is 0.993. The molecule has 0 N–H and O–H groups in total. The van der Waals surface area contributed by atoms with Crippen LogP contribution in [0.2, 0.25) is 0 Å². The van der Waals surface area contributed by atoms with Crippen LogP contribution in [0.25, 0.3) is 0 Å². The molecule has 0 aromatic heterocycles. The van der Waals surface area contributed by atoms with Gasteiger partial charge in [0.25, 0.3) is 0 Å². The van der Waals surface area contributed by atoms with Gasteiger partial charge in [0.1, 0.15) is 0 Å². The van der Waals surface area contributed by atoms with E-state index in [4.69, 9.17) is 0 Å². The van der Waals surface area contributed by atoms with Crippen molar-refractivity contribution in [2.45, 2.75) is 0 Å². The molecule has 0 fully saturated rings. The second-order valence-electron chi connectivity index (χ2n) is 0. The van der Waals surface area contributed by atoms with Crippen molar-refractivity contribution in [2.75, 3.05) is 0 Å². The van der Waals surface area contributed by atoms with Gasteiger partial charge in [0.05, 0.1) is 0 Å². The SMILES string of the molecule is [Ca+2].[Cl][Pd-].[Cl][Pd-]. The molecule has 0 unspecified atom stereocenters. The van der Waals surface area contributed by atoms with Crippen LogP contribution in [0, 0.1) is 0 Å². The van der Waals surface area contributed by atoms with Crippen molar-refractivity contribution >= 4 is 56.8 Å². The van der Waals surface area contributed by atoms with Gasteiger partial charge in [-0.2, -0.15) is 0 Å². The average Bonchev–Trinajstić information content (AvgIpc) is 1.50. The van der Waals surface area contributed by atoms with Crippen LogP contribution < -0.4 is 0 Å². The van der Waals surface area contributed by atoms with Gasteiger partial charge in [0, 0.05) is 0 Å². The van der Waals surface area contributed by atoms with Gasteiger partial charge < -0.3 is 0 Å². The van der Waals surface area contributed by atoms with Gasteiger partial charge in [-0.3, -0.25) is 0 Å². The summed E-state index contributed by atoms with van der Waals surface area (Å²) in [6, 6.07) is 0. The normalized spacial score (nSPS) is 2.80. The van der Waals surface area contributed by atoms with Gasteiger partial charge >= 0.3 is 93.2 Å². The van der Waals surface area contributed by atoms with Gasteiger partial charge in [-0.1, -0.05) is 0 Å². The van der Waals surface area contributed by atoms with Gasteiger partial charge in [0.15, 0.2) is 0 Å². The first kappa shape index (κ1) is 15.7. The van der Waals surface area contributed by atoms with E-state index in [1.165, 1.54) is 0 Å². The third-order valence-electron chi connectivity index (χ3n) is 0. The van der Waals surface area contributed by atoms with Crippen LogP contribution in [0.15, 0.2) is 0 Å². The van der Waals surface area contributed by atoms with E-state index >= 15 is 0 Å². The maximum absolute atomic E-state index is 4.49. The van der Waals surface area contributed by atoms with Crippen molar-refractivity contribution in [3.05, 3.63) is 0 Å². The van der Waals surface area contributed by atoms with Crippen molar-refractivity contribution < 1.29 is 36.4 Å². The molecular weight excluding hydrogens is 324 g/mol. The zero-order valence-corrected chi connectivity index (χ0v) is 8.92. The first-order chi connectivity index (χ1) is 2.00. The molecule has 0 saturated heterocycles. The standard InChI is InChI=1S/Ca.2ClH.2Pd/h;2*1H;;/q+2;;;;/p-2. The second-order valence-corrected chi connectivity index (χ2v) is 0. The van der Waals surface area contributed by atoms with Crippen LogP contribution in [0.4, 0.5) is 0 Å². The number of hydrogen-bond acceptors (Lipinski definition) is 0. The Balaban J connectivity index is -0.0000000133. The van der Waals surface area contributed by atoms with Crippen molar-refractivity contribution in [2.24, 2.45) is 0 Å². The summed E-state index contributed by atoms with van der Waals surface area (Å²) >= 11 is 4.44. The Kier molecular flexibility index (Phi) is 85.4. The van der Waals surface area contributed by atoms with Gasteiger partial charge in [-0.15, -0.1) is 0 Å². The minimum atomic E-state index is 0. The molecule has 5 heavy (non-hydrogen) atoms. The molecule has 0 atom stereocenters. The van der Waals surface area contributed by atoms with Crippen molar-refractivity contribution in [3.63, 3.8) is 0 Å². The van der Waals surface area contributed by atoms with E-state index in [-0.39, 0.29) is 37.7 Å². The number of rotatable bonds is 0. The molecule has 0 aliphatic carbocycles. The Labute approximate surface area is 91.1 Å². The molecule has 0 radical (unpaired) electrons. The molecule has 0 aliphatic rings. The van der Waals surface area contributed by atoms with Crippen LogP contribution in [-0.4, -0.2) is 37.7 Å². The minimum absolute atomic E-state index is 0. The van der Waals surface area contributed by atoms with Crippen LogP contribution in [0.5, 0.6) is 0 Å². The summed E-state index contributed by atoms with van der Waals surface area (Å²) in [5, 5.41) is 0. The van der Waals surface area contributed by atoms with E-state index < -0.39 is 0 Å². The number of halogens is 2. The fourth-order valence-corrected chi connectivity index (χ4v) is 0. The van der Waals surface area contributed by atoms with Gasteiger partial charge in [-0.05, 0) is 0 Å². The summed E-state index contributed by atoms with van der Waals surface area (Å²) in [7, 11) is 8.98. The van der Waals surface area contributed by atoms with Crippen LogP contribution in [0.3, 0.4) is 0 Å². The van der Waals surface area contributed by atoms with Crippen molar-refractivity contribution in [1.82, 2.24) is 0 Å². The second kappa shape index (κ2) is 27.2. The Morgan fingerprint density at radius 1 is 0.800 bits per heavy atom. The zero-order valence-electron chi connectivity index (χ0n) is 2.10. The molecule has 0 aromatic rings. The van der Waals surface area contributed by atoms with E-state index in [1.54, 1.807) is 0 Å². The van der Waals surface area contributed by atoms with E-state index in [1.807, 2.05) is 0 Å². The molecule has 0 aliphatic heterocycles. The topological polar surface area (TPSA) is 0 Å². The Hall–Kier alpha value is 3.16. The fourth-order valence-electron chi connectivity index (χ4n) is 0. The Bertz CT molecular complexity index is 7.61. The summed E-state index contributed by atoms with van der Waals surface area (Å²) in [5.41, 5.74) is 0. The average molecular weight is 324 g/mol. The summed E-state index contributed by atoms with van der Waals surface area (Å²) in [5.74, 6) is 0. The summed E-state index contributed by atoms with van der Waals surface area (Å²) in [6.07, 6.45) is 0. The molecule has 0 amide bonds. The van der Waals surface area contributed by atoms with Crippen LogP contribution in [0.1, 0.15) is 0 Å². The molecule has 0 spiro atoms. The predicted molar refractivity (Wildman–Crippen MR) is 17.5 cm³/mol. The maximum atomic E-state index is 4.49. The molecule has 0 saturated carbocycles. The first-order valence-corrected chi connectivity index (χ1v) is 4.24. The van der Waals surface area contributed by atoms with Gasteiger partial charge in [-0.25, -0.2) is 0 Å². The van der Waals surface area contributed by atoms with E-state index in [0.717, 1.165) is 0 Å². The molecule has 0 nitrogen and oxygen atoms in total. The van der Waals surface area contributed by atoms with Gasteiger partial charge in [0.2, 0.25) is 0 Å². The molecule has 5 heteroatoms. The molecular formula is CaCl2Pd2.